The fraction of sp³-hybridized carbons (Fsp3) is 1.00. The van der Waals surface area contributed by atoms with Gasteiger partial charge in [0, 0.05) is 0 Å². The van der Waals surface area contributed by atoms with Crippen LogP contribution >= 0.6 is 37.2 Å². The Morgan fingerprint density at radius 2 is 0.892 bits per heavy atom. The van der Waals surface area contributed by atoms with Crippen molar-refractivity contribution in [3.8, 4) is 0 Å². The molecule has 0 aliphatic carbocycles. The summed E-state index contributed by atoms with van der Waals surface area (Å²) in [4.78, 5) is 0. The van der Waals surface area contributed by atoms with Gasteiger partial charge in [-0.15, -0.1) is 37.2 Å². The van der Waals surface area contributed by atoms with E-state index < -0.39 is 112 Å². The van der Waals surface area contributed by atoms with Crippen LogP contribution in [0.1, 0.15) is 0 Å². The molecule has 0 aromatic rings. The monoisotopic (exact) mass is 609 g/mol. The molecule has 3 aliphatic rings. The maximum atomic E-state index is 10.8. The van der Waals surface area contributed by atoms with Crippen molar-refractivity contribution >= 4 is 37.2 Å². The van der Waals surface area contributed by atoms with E-state index in [9.17, 15) is 40.9 Å². The lowest BCUT2D eigenvalue weighted by Crippen LogP contribution is -2.69. The highest BCUT2D eigenvalue weighted by Gasteiger charge is 2.52. The van der Waals surface area contributed by atoms with Crippen LogP contribution in [0.5, 0.6) is 0 Å². The Morgan fingerprint density at radius 3 is 1.35 bits per heavy atom. The highest BCUT2D eigenvalue weighted by molar-refractivity contribution is 5.86. The summed E-state index contributed by atoms with van der Waals surface area (Å²) in [6.07, 6.45) is -16.8. The minimum Gasteiger partial charge on any atom is -0.394 e. The largest absolute Gasteiger partial charge is 0.394 e. The van der Waals surface area contributed by atoms with E-state index in [1.807, 2.05) is 0 Å². The highest BCUT2D eigenvalue weighted by Crippen LogP contribution is 2.31. The molecule has 3 saturated heterocycles. The maximum Gasteiger partial charge on any atom is 0.176 e. The Hall–Kier alpha value is 0.230. The van der Waals surface area contributed by atoms with E-state index in [1.165, 1.54) is 0 Å². The molecule has 0 amide bonds. The van der Waals surface area contributed by atoms with Gasteiger partial charge in [-0.3, -0.25) is 0 Å². The van der Waals surface area contributed by atoms with Crippen molar-refractivity contribution in [2.75, 3.05) is 19.8 Å². The van der Waals surface area contributed by atoms with Crippen LogP contribution in [0.3, 0.4) is 0 Å². The quantitative estimate of drug-likeness (QED) is 0.128. The van der Waals surface area contributed by atoms with E-state index in [2.05, 4.69) is 0 Å². The average Bonchev–Trinajstić information content (AvgIpc) is 2.83. The third-order valence-corrected chi connectivity index (χ3v) is 6.33. The second-order valence-corrected chi connectivity index (χ2v) is 8.59. The van der Waals surface area contributed by atoms with E-state index >= 15 is 0 Å². The zero-order valence-corrected chi connectivity index (χ0v) is 21.8. The molecular formula is C18H38Cl3N3O13. The van der Waals surface area contributed by atoms with Gasteiger partial charge in [0.05, 0.1) is 37.9 Å². The summed E-state index contributed by atoms with van der Waals surface area (Å²) >= 11 is 0. The van der Waals surface area contributed by atoms with Gasteiger partial charge in [-0.25, -0.2) is 0 Å². The molecule has 0 aromatic heterocycles. The molecule has 0 saturated carbocycles. The first-order valence-corrected chi connectivity index (χ1v) is 10.8. The first-order valence-electron chi connectivity index (χ1n) is 10.8. The number of aliphatic hydroxyl groups excluding tert-OH is 8. The molecule has 6 unspecified atom stereocenters. The number of hydrogen-bond acceptors (Lipinski definition) is 16. The predicted molar refractivity (Wildman–Crippen MR) is 129 cm³/mol. The lowest BCUT2D eigenvalue weighted by Gasteiger charge is -2.48. The van der Waals surface area contributed by atoms with Crippen LogP contribution < -0.4 is 17.2 Å². The Labute approximate surface area is 230 Å². The van der Waals surface area contributed by atoms with Gasteiger partial charge >= 0.3 is 0 Å². The number of halogens is 3. The molecule has 14 N–H and O–H groups in total. The number of nitrogens with two attached hydrogens (primary N) is 3. The normalized spacial score (nSPS) is 48.2. The van der Waals surface area contributed by atoms with E-state index in [1.54, 1.807) is 0 Å². The van der Waals surface area contributed by atoms with Crippen LogP contribution in [-0.2, 0) is 23.7 Å². The fourth-order valence-corrected chi connectivity index (χ4v) is 4.18. The molecule has 3 rings (SSSR count). The molecule has 3 aliphatic heterocycles. The van der Waals surface area contributed by atoms with Gasteiger partial charge < -0.3 is 81.7 Å². The first-order chi connectivity index (χ1) is 16.0. The average molecular weight is 611 g/mol. The molecule has 16 nitrogen and oxygen atoms in total. The van der Waals surface area contributed by atoms with Gasteiger partial charge in [0.25, 0.3) is 0 Å². The standard InChI is InChI=1S/C18H35N3O13.3ClH/c19-7-12(27)14(5(2-23)30-16(7)29)33-18-9(21)13(28)15(6(3-24)32-18)34-17-8(20)11(26)10(25)4(1-22)31-17;;;/h4-18,22-29H,1-3,19-21H2;3*1H/t4?,5?,6?,7-,8-,9-,10+,11?,12?,13?,14+,15+,16+,17-,18-;;;/m0.../s1. The van der Waals surface area contributed by atoms with Crippen molar-refractivity contribution in [1.82, 2.24) is 0 Å². The lowest BCUT2D eigenvalue weighted by atomic mass is 9.94. The molecule has 37 heavy (non-hydrogen) atoms. The molecule has 224 valence electrons. The minimum absolute atomic E-state index is 0. The predicted octanol–water partition coefficient (Wildman–Crippen LogP) is -6.41. The third-order valence-electron chi connectivity index (χ3n) is 6.33. The van der Waals surface area contributed by atoms with Gasteiger partial charge in [0.1, 0.15) is 54.9 Å². The van der Waals surface area contributed by atoms with Gasteiger partial charge in [0.2, 0.25) is 0 Å². The lowest BCUT2D eigenvalue weighted by molar-refractivity contribution is -0.348. The zero-order valence-electron chi connectivity index (χ0n) is 19.4. The number of hydrogen-bond donors (Lipinski definition) is 11. The van der Waals surface area contributed by atoms with E-state index in [0.29, 0.717) is 0 Å². The van der Waals surface area contributed by atoms with Crippen LogP contribution in [0.2, 0.25) is 0 Å². The Morgan fingerprint density at radius 1 is 0.514 bits per heavy atom. The summed E-state index contributed by atoms with van der Waals surface area (Å²) in [5, 5.41) is 79.6. The molecule has 0 bridgehead atoms. The third kappa shape index (κ3) is 7.70. The number of ether oxygens (including phenoxy) is 5. The molecule has 0 aromatic carbocycles. The molecular weight excluding hydrogens is 573 g/mol. The van der Waals surface area contributed by atoms with Crippen molar-refractivity contribution in [3.05, 3.63) is 0 Å². The first kappa shape index (κ1) is 37.2. The van der Waals surface area contributed by atoms with Gasteiger partial charge in [-0.1, -0.05) is 0 Å². The zero-order chi connectivity index (χ0) is 25.3. The van der Waals surface area contributed by atoms with Crippen LogP contribution in [-0.4, -0.2) is 153 Å². The summed E-state index contributed by atoms with van der Waals surface area (Å²) in [5.41, 5.74) is 17.6. The molecule has 3 heterocycles. The summed E-state index contributed by atoms with van der Waals surface area (Å²) in [6, 6.07) is -3.87. The summed E-state index contributed by atoms with van der Waals surface area (Å²) in [6.45, 7) is -2.00. The van der Waals surface area contributed by atoms with Gasteiger partial charge in [-0.05, 0) is 0 Å². The topological polar surface area (TPSA) is 286 Å². The Bertz CT molecular complexity index is 661. The highest BCUT2D eigenvalue weighted by atomic mass is 35.5. The Balaban J connectivity index is 0.00000432. The molecule has 19 heteroatoms. The molecule has 0 radical (unpaired) electrons. The number of rotatable bonds is 7. The van der Waals surface area contributed by atoms with Crippen molar-refractivity contribution in [2.45, 2.75) is 91.9 Å². The molecule has 3 fully saturated rings. The van der Waals surface area contributed by atoms with Crippen LogP contribution in [0.15, 0.2) is 0 Å². The van der Waals surface area contributed by atoms with Crippen LogP contribution in [0, 0.1) is 0 Å². The van der Waals surface area contributed by atoms with Gasteiger partial charge in [0.15, 0.2) is 18.9 Å². The van der Waals surface area contributed by atoms with Crippen LogP contribution in [0.4, 0.5) is 0 Å². The molecule has 15 atom stereocenters. The number of aliphatic hydroxyl groups is 8. The van der Waals surface area contributed by atoms with Crippen LogP contribution in [0.25, 0.3) is 0 Å². The molecule has 0 spiro atoms. The second-order valence-electron chi connectivity index (χ2n) is 8.59. The van der Waals surface area contributed by atoms with Crippen molar-refractivity contribution in [3.63, 3.8) is 0 Å². The van der Waals surface area contributed by atoms with Gasteiger partial charge in [-0.2, -0.15) is 0 Å². The van der Waals surface area contributed by atoms with Crippen molar-refractivity contribution < 1.29 is 64.5 Å². The minimum atomic E-state index is -1.56. The SMILES string of the molecule is Cl.Cl.Cl.N[C@H]1C(O)[C@H](O)C(CO)O[C@H]1O[C@@H]1C(CO)O[C@@H](O[C@@H]2C(CO)O[C@@H](O)[C@@H](N)C2O)[C@@H](N)C1O. The van der Waals surface area contributed by atoms with E-state index in [-0.39, 0.29) is 37.2 Å². The van der Waals surface area contributed by atoms with E-state index in [0.717, 1.165) is 0 Å². The summed E-state index contributed by atoms with van der Waals surface area (Å²) in [7, 11) is 0. The second kappa shape index (κ2) is 15.9. The summed E-state index contributed by atoms with van der Waals surface area (Å²) in [5.74, 6) is 0. The van der Waals surface area contributed by atoms with Crippen molar-refractivity contribution in [2.24, 2.45) is 17.2 Å². The summed E-state index contributed by atoms with van der Waals surface area (Å²) < 4.78 is 27.4. The van der Waals surface area contributed by atoms with E-state index in [4.69, 9.17) is 40.9 Å². The maximum absolute atomic E-state index is 10.8. The Kier molecular flexibility index (Phi) is 16.0. The fourth-order valence-electron chi connectivity index (χ4n) is 4.18. The smallest absolute Gasteiger partial charge is 0.176 e. The van der Waals surface area contributed by atoms with Crippen molar-refractivity contribution in [1.29, 1.82) is 0 Å².